The van der Waals surface area contributed by atoms with E-state index in [4.69, 9.17) is 0 Å². The van der Waals surface area contributed by atoms with E-state index < -0.39 is 0 Å². The fraction of sp³-hybridized carbons (Fsp3) is 0.357. The van der Waals surface area contributed by atoms with Crippen LogP contribution in [0.1, 0.15) is 25.0 Å². The van der Waals surface area contributed by atoms with E-state index >= 15 is 0 Å². The normalized spacial score (nSPS) is 15.7. The zero-order chi connectivity index (χ0) is 10.1. The van der Waals surface area contributed by atoms with Crippen LogP contribution < -0.4 is 0 Å². The van der Waals surface area contributed by atoms with Gasteiger partial charge in [0.1, 0.15) is 0 Å². The summed E-state index contributed by atoms with van der Waals surface area (Å²) in [4.78, 5) is 4.67. The van der Waals surface area contributed by atoms with Crippen LogP contribution >= 0.6 is 0 Å². The van der Waals surface area contributed by atoms with Crippen molar-refractivity contribution in [3.05, 3.63) is 42.1 Å². The fourth-order valence-corrected chi connectivity index (χ4v) is 2.01. The Morgan fingerprint density at radius 3 is 2.80 bits per heavy atom. The summed E-state index contributed by atoms with van der Waals surface area (Å²) in [5.74, 6) is 0.998. The molecule has 1 aliphatic carbocycles. The van der Waals surface area contributed by atoms with Gasteiger partial charge >= 0.3 is 0 Å². The van der Waals surface area contributed by atoms with E-state index in [-0.39, 0.29) is 0 Å². The molecule has 1 saturated carbocycles. The molecular formula is C14H15N. The van der Waals surface area contributed by atoms with Gasteiger partial charge < -0.3 is 0 Å². The molecule has 0 spiro atoms. The number of hydrogen-bond donors (Lipinski definition) is 0. The fourth-order valence-electron chi connectivity index (χ4n) is 2.01. The summed E-state index contributed by atoms with van der Waals surface area (Å²) in [7, 11) is 0. The number of para-hydroxylation sites is 1. The zero-order valence-corrected chi connectivity index (χ0v) is 8.82. The molecule has 2 aromatic rings. The van der Waals surface area contributed by atoms with Gasteiger partial charge in [-0.15, -0.1) is 0 Å². The highest BCUT2D eigenvalue weighted by molar-refractivity contribution is 5.78. The molecular weight excluding hydrogens is 182 g/mol. The maximum Gasteiger partial charge on any atom is 0.0705 e. The molecule has 0 saturated heterocycles. The summed E-state index contributed by atoms with van der Waals surface area (Å²) >= 11 is 0. The Morgan fingerprint density at radius 1 is 1.07 bits per heavy atom. The summed E-state index contributed by atoms with van der Waals surface area (Å²) in [5.41, 5.74) is 2.38. The molecule has 0 radical (unpaired) electrons. The number of aromatic nitrogens is 1. The van der Waals surface area contributed by atoms with Crippen LogP contribution in [0.15, 0.2) is 36.4 Å². The van der Waals surface area contributed by atoms with Gasteiger partial charge in [0, 0.05) is 11.1 Å². The van der Waals surface area contributed by atoms with E-state index in [1.165, 1.54) is 30.3 Å². The first-order chi connectivity index (χ1) is 7.42. The number of hydrogen-bond acceptors (Lipinski definition) is 1. The van der Waals surface area contributed by atoms with Crippen molar-refractivity contribution < 1.29 is 0 Å². The first kappa shape index (κ1) is 8.90. The third kappa shape index (κ3) is 2.01. The quantitative estimate of drug-likeness (QED) is 0.733. The van der Waals surface area contributed by atoms with E-state index in [0.717, 1.165) is 17.9 Å². The van der Waals surface area contributed by atoms with Crippen molar-refractivity contribution in [2.75, 3.05) is 0 Å². The van der Waals surface area contributed by atoms with Crippen molar-refractivity contribution in [2.24, 2.45) is 5.92 Å². The summed E-state index contributed by atoms with van der Waals surface area (Å²) in [6.07, 6.45) is 5.35. The minimum atomic E-state index is 0.998. The van der Waals surface area contributed by atoms with Crippen molar-refractivity contribution in [3.8, 4) is 0 Å². The Bertz CT molecular complexity index is 471. The van der Waals surface area contributed by atoms with Crippen LogP contribution in [0, 0.1) is 5.92 Å². The SMILES string of the molecule is c1ccc2nc(CCC3CC3)ccc2c1. The number of nitrogens with zero attached hydrogens (tertiary/aromatic N) is 1. The molecule has 1 heteroatoms. The number of aryl methyl sites for hydroxylation is 1. The van der Waals surface area contributed by atoms with E-state index in [9.17, 15) is 0 Å². The monoisotopic (exact) mass is 197 g/mol. The zero-order valence-electron chi connectivity index (χ0n) is 8.82. The Morgan fingerprint density at radius 2 is 1.93 bits per heavy atom. The lowest BCUT2D eigenvalue weighted by molar-refractivity contribution is 0.716. The number of pyridine rings is 1. The molecule has 1 aromatic carbocycles. The topological polar surface area (TPSA) is 12.9 Å². The van der Waals surface area contributed by atoms with Crippen molar-refractivity contribution in [1.82, 2.24) is 4.98 Å². The minimum absolute atomic E-state index is 0.998. The first-order valence-electron chi connectivity index (χ1n) is 5.76. The third-order valence-corrected chi connectivity index (χ3v) is 3.16. The van der Waals surface area contributed by atoms with Crippen LogP contribution in [0.4, 0.5) is 0 Å². The van der Waals surface area contributed by atoms with Gasteiger partial charge in [-0.05, 0) is 30.9 Å². The van der Waals surface area contributed by atoms with Gasteiger partial charge in [-0.3, -0.25) is 4.98 Å². The van der Waals surface area contributed by atoms with Gasteiger partial charge in [0.2, 0.25) is 0 Å². The second-order valence-electron chi connectivity index (χ2n) is 4.48. The molecule has 0 amide bonds. The third-order valence-electron chi connectivity index (χ3n) is 3.16. The molecule has 0 unspecified atom stereocenters. The lowest BCUT2D eigenvalue weighted by Gasteiger charge is -2.01. The number of fused-ring (bicyclic) bond motifs is 1. The molecule has 76 valence electrons. The van der Waals surface area contributed by atoms with E-state index in [1.807, 2.05) is 0 Å². The summed E-state index contributed by atoms with van der Waals surface area (Å²) in [5, 5.41) is 1.24. The van der Waals surface area contributed by atoms with Crippen molar-refractivity contribution >= 4 is 10.9 Å². The van der Waals surface area contributed by atoms with Gasteiger partial charge in [-0.1, -0.05) is 37.1 Å². The second kappa shape index (κ2) is 3.65. The summed E-state index contributed by atoms with van der Waals surface area (Å²) in [6.45, 7) is 0. The van der Waals surface area contributed by atoms with E-state index in [2.05, 4.69) is 41.4 Å². The molecule has 3 rings (SSSR count). The largest absolute Gasteiger partial charge is 0.253 e. The van der Waals surface area contributed by atoms with Crippen LogP contribution in [0.2, 0.25) is 0 Å². The molecule has 1 heterocycles. The van der Waals surface area contributed by atoms with Crippen LogP contribution in [0.3, 0.4) is 0 Å². The predicted molar refractivity (Wildman–Crippen MR) is 62.8 cm³/mol. The summed E-state index contributed by atoms with van der Waals surface area (Å²) in [6, 6.07) is 12.7. The molecule has 0 N–H and O–H groups in total. The number of rotatable bonds is 3. The number of benzene rings is 1. The van der Waals surface area contributed by atoms with Gasteiger partial charge in [-0.2, -0.15) is 0 Å². The molecule has 1 aromatic heterocycles. The molecule has 1 fully saturated rings. The average molecular weight is 197 g/mol. The van der Waals surface area contributed by atoms with Gasteiger partial charge in [0.25, 0.3) is 0 Å². The van der Waals surface area contributed by atoms with E-state index in [1.54, 1.807) is 0 Å². The minimum Gasteiger partial charge on any atom is -0.253 e. The van der Waals surface area contributed by atoms with Crippen LogP contribution in [-0.4, -0.2) is 4.98 Å². The highest BCUT2D eigenvalue weighted by Gasteiger charge is 2.20. The maximum absolute atomic E-state index is 4.67. The Hall–Kier alpha value is -1.37. The smallest absolute Gasteiger partial charge is 0.0705 e. The van der Waals surface area contributed by atoms with Crippen molar-refractivity contribution in [3.63, 3.8) is 0 Å². The van der Waals surface area contributed by atoms with Crippen molar-refractivity contribution in [1.29, 1.82) is 0 Å². The van der Waals surface area contributed by atoms with Crippen LogP contribution in [0.5, 0.6) is 0 Å². The summed E-state index contributed by atoms with van der Waals surface area (Å²) < 4.78 is 0. The second-order valence-corrected chi connectivity index (χ2v) is 4.48. The highest BCUT2D eigenvalue weighted by Crippen LogP contribution is 2.33. The average Bonchev–Trinajstić information content (AvgIpc) is 3.10. The predicted octanol–water partition coefficient (Wildman–Crippen LogP) is 3.58. The Kier molecular flexibility index (Phi) is 2.17. The molecule has 1 nitrogen and oxygen atoms in total. The molecule has 0 bridgehead atoms. The maximum atomic E-state index is 4.67. The van der Waals surface area contributed by atoms with Crippen LogP contribution in [-0.2, 0) is 6.42 Å². The van der Waals surface area contributed by atoms with Crippen molar-refractivity contribution in [2.45, 2.75) is 25.7 Å². The standard InChI is InChI=1S/C14H15N/c1-2-4-14-12(3-1)8-10-13(15-14)9-7-11-5-6-11/h1-4,8,10-11H,5-7,9H2. The van der Waals surface area contributed by atoms with Gasteiger partial charge in [0.15, 0.2) is 0 Å². The molecule has 15 heavy (non-hydrogen) atoms. The lowest BCUT2D eigenvalue weighted by Crippen LogP contribution is -1.91. The molecule has 0 atom stereocenters. The highest BCUT2D eigenvalue weighted by atomic mass is 14.7. The Labute approximate surface area is 90.2 Å². The van der Waals surface area contributed by atoms with Crippen LogP contribution in [0.25, 0.3) is 10.9 Å². The molecule has 0 aliphatic heterocycles. The molecule has 1 aliphatic rings. The lowest BCUT2D eigenvalue weighted by atomic mass is 10.1. The van der Waals surface area contributed by atoms with Gasteiger partial charge in [0.05, 0.1) is 5.52 Å². The first-order valence-corrected chi connectivity index (χ1v) is 5.76. The van der Waals surface area contributed by atoms with Gasteiger partial charge in [-0.25, -0.2) is 0 Å². The Balaban J connectivity index is 1.84. The van der Waals surface area contributed by atoms with E-state index in [0.29, 0.717) is 0 Å².